The zero-order valence-corrected chi connectivity index (χ0v) is 16.4. The molecule has 2 bridgehead atoms. The van der Waals surface area contributed by atoms with Crippen LogP contribution in [0.5, 0.6) is 0 Å². The highest BCUT2D eigenvalue weighted by molar-refractivity contribution is 6.74. The van der Waals surface area contributed by atoms with Crippen LogP contribution < -0.4 is 0 Å². The van der Waals surface area contributed by atoms with Gasteiger partial charge in [-0.1, -0.05) is 20.8 Å². The van der Waals surface area contributed by atoms with Crippen molar-refractivity contribution in [2.24, 2.45) is 11.8 Å². The van der Waals surface area contributed by atoms with Crippen LogP contribution in [-0.2, 0) is 18.7 Å². The summed E-state index contributed by atoms with van der Waals surface area (Å²) in [6, 6.07) is 0. The molecule has 24 heavy (non-hydrogen) atoms. The van der Waals surface area contributed by atoms with Gasteiger partial charge in [-0.3, -0.25) is 4.79 Å². The van der Waals surface area contributed by atoms with Crippen molar-refractivity contribution in [1.82, 2.24) is 0 Å². The lowest BCUT2D eigenvalue weighted by Gasteiger charge is -2.44. The van der Waals surface area contributed by atoms with Gasteiger partial charge in [0, 0.05) is 18.3 Å². The van der Waals surface area contributed by atoms with Crippen LogP contribution in [0.15, 0.2) is 0 Å². The van der Waals surface area contributed by atoms with Gasteiger partial charge < -0.3 is 19.0 Å². The summed E-state index contributed by atoms with van der Waals surface area (Å²) in [5.41, 5.74) is -1.32. The van der Waals surface area contributed by atoms with Crippen molar-refractivity contribution in [3.05, 3.63) is 0 Å². The highest BCUT2D eigenvalue weighted by atomic mass is 28.4. The van der Waals surface area contributed by atoms with E-state index in [0.717, 1.165) is 19.3 Å². The first kappa shape index (κ1) is 17.2. The van der Waals surface area contributed by atoms with Crippen LogP contribution in [0.3, 0.4) is 0 Å². The molecule has 1 saturated carbocycles. The zero-order valence-electron chi connectivity index (χ0n) is 15.4. The van der Waals surface area contributed by atoms with Gasteiger partial charge in [-0.15, -0.1) is 0 Å². The van der Waals surface area contributed by atoms with Crippen molar-refractivity contribution in [2.45, 2.75) is 88.2 Å². The number of hydrogen-bond acceptors (Lipinski definition) is 5. The number of ether oxygens (including phenoxy) is 2. The molecular weight excluding hydrogens is 324 g/mol. The minimum absolute atomic E-state index is 0.0792. The summed E-state index contributed by atoms with van der Waals surface area (Å²) < 4.78 is 18.8. The molecule has 0 aromatic heterocycles. The van der Waals surface area contributed by atoms with Crippen LogP contribution in [0.1, 0.15) is 46.5 Å². The van der Waals surface area contributed by atoms with E-state index < -0.39 is 25.8 Å². The van der Waals surface area contributed by atoms with Crippen molar-refractivity contribution in [3.63, 3.8) is 0 Å². The number of Topliss-reactive ketones (excluding diaryl/α,β-unsaturated/α-hetero) is 1. The molecule has 0 aromatic carbocycles. The molecule has 3 aliphatic heterocycles. The number of rotatable bonds is 3. The minimum atomic E-state index is -1.94. The molecule has 4 rings (SSSR count). The lowest BCUT2D eigenvalue weighted by atomic mass is 9.78. The van der Waals surface area contributed by atoms with Gasteiger partial charge in [0.2, 0.25) is 0 Å². The Morgan fingerprint density at radius 1 is 1.38 bits per heavy atom. The van der Waals surface area contributed by atoms with E-state index >= 15 is 0 Å². The van der Waals surface area contributed by atoms with E-state index in [9.17, 15) is 9.90 Å². The summed E-state index contributed by atoms with van der Waals surface area (Å²) in [4.78, 5) is 12.7. The van der Waals surface area contributed by atoms with Crippen LogP contribution in [0.4, 0.5) is 0 Å². The molecular formula is C18H30O5Si. The van der Waals surface area contributed by atoms with E-state index in [0.29, 0.717) is 13.0 Å². The smallest absolute Gasteiger partial charge is 0.192 e. The lowest BCUT2D eigenvalue weighted by Crippen LogP contribution is -2.58. The average Bonchev–Trinajstić information content (AvgIpc) is 3.02. The van der Waals surface area contributed by atoms with Gasteiger partial charge in [-0.05, 0) is 37.4 Å². The molecule has 136 valence electrons. The normalized spacial score (nSPS) is 47.3. The van der Waals surface area contributed by atoms with Gasteiger partial charge in [0.15, 0.2) is 20.4 Å². The van der Waals surface area contributed by atoms with Crippen molar-refractivity contribution >= 4 is 14.1 Å². The van der Waals surface area contributed by atoms with E-state index in [4.69, 9.17) is 13.9 Å². The van der Waals surface area contributed by atoms with Crippen molar-refractivity contribution in [1.29, 1.82) is 0 Å². The van der Waals surface area contributed by atoms with Gasteiger partial charge >= 0.3 is 0 Å². The highest BCUT2D eigenvalue weighted by Crippen LogP contribution is 2.64. The molecule has 4 fully saturated rings. The molecule has 1 N–H and O–H groups in total. The summed E-state index contributed by atoms with van der Waals surface area (Å²) in [6.07, 6.45) is 1.86. The first-order valence-corrected chi connectivity index (χ1v) is 12.2. The Morgan fingerprint density at radius 2 is 2.08 bits per heavy atom. The number of aliphatic hydroxyl groups excluding tert-OH is 1. The second-order valence-corrected chi connectivity index (χ2v) is 14.5. The number of aliphatic hydroxyl groups is 1. The standard InChI is InChI=1S/C18H30O5Si/c1-16(2,3)24(4,5)21-10-18-13-9-12(19)17(23-18)8-6-7-11(17)14(18)15(20)22-13/h11,13-15,20H,6-10H2,1-5H3/t11-,13+,14+,15-,17-,18-/m1/s1. The van der Waals surface area contributed by atoms with Gasteiger partial charge in [0.1, 0.15) is 11.2 Å². The van der Waals surface area contributed by atoms with Crippen LogP contribution in [0.25, 0.3) is 0 Å². The molecule has 6 atom stereocenters. The average molecular weight is 355 g/mol. The Kier molecular flexibility index (Phi) is 3.51. The highest BCUT2D eigenvalue weighted by Gasteiger charge is 2.77. The Morgan fingerprint density at radius 3 is 2.75 bits per heavy atom. The third kappa shape index (κ3) is 1.98. The fourth-order valence-electron chi connectivity index (χ4n) is 5.13. The van der Waals surface area contributed by atoms with Crippen LogP contribution in [0, 0.1) is 11.8 Å². The van der Waals surface area contributed by atoms with E-state index in [-0.39, 0.29) is 28.8 Å². The van der Waals surface area contributed by atoms with E-state index in [1.54, 1.807) is 0 Å². The van der Waals surface area contributed by atoms with Gasteiger partial charge in [-0.25, -0.2) is 0 Å². The number of hydrogen-bond donors (Lipinski definition) is 1. The predicted molar refractivity (Wildman–Crippen MR) is 91.0 cm³/mol. The Bertz CT molecular complexity index is 570. The SMILES string of the molecule is CC(C)(C)[Si](C)(C)OC[C@]12O[C@]34CCC[C@@H]3[C@H]1[C@H](O)O[C@H]2CC4=O. The number of carbonyl (C=O) groups is 1. The molecule has 3 heterocycles. The van der Waals surface area contributed by atoms with Crippen LogP contribution >= 0.6 is 0 Å². The number of ketones is 1. The van der Waals surface area contributed by atoms with Gasteiger partial charge in [0.25, 0.3) is 0 Å². The largest absolute Gasteiger partial charge is 0.414 e. The zero-order chi connectivity index (χ0) is 17.5. The predicted octanol–water partition coefficient (Wildman–Crippen LogP) is 2.62. The molecule has 0 aromatic rings. The monoisotopic (exact) mass is 354 g/mol. The molecule has 6 heteroatoms. The second kappa shape index (κ2) is 4.91. The summed E-state index contributed by atoms with van der Waals surface area (Å²) >= 11 is 0. The Balaban J connectivity index is 1.66. The van der Waals surface area contributed by atoms with Crippen LogP contribution in [0.2, 0.25) is 18.1 Å². The molecule has 5 nitrogen and oxygen atoms in total. The third-order valence-electron chi connectivity index (χ3n) is 7.50. The Labute approximate surface area is 145 Å². The summed E-state index contributed by atoms with van der Waals surface area (Å²) in [5.74, 6) is 0.115. The molecule has 4 aliphatic rings. The topological polar surface area (TPSA) is 65.0 Å². The molecule has 0 amide bonds. The van der Waals surface area contributed by atoms with E-state index in [1.807, 2.05) is 0 Å². The maximum absolute atomic E-state index is 12.7. The molecule has 0 unspecified atom stereocenters. The summed E-state index contributed by atoms with van der Waals surface area (Å²) in [5, 5.41) is 10.7. The number of carbonyl (C=O) groups excluding carboxylic acids is 1. The van der Waals surface area contributed by atoms with E-state index in [2.05, 4.69) is 33.9 Å². The maximum Gasteiger partial charge on any atom is 0.192 e. The van der Waals surface area contributed by atoms with Crippen LogP contribution in [-0.4, -0.2) is 49.4 Å². The molecule has 1 spiro atoms. The Hall–Kier alpha value is -0.273. The molecule has 0 radical (unpaired) electrons. The van der Waals surface area contributed by atoms with E-state index in [1.165, 1.54) is 0 Å². The molecule has 3 saturated heterocycles. The quantitative estimate of drug-likeness (QED) is 0.789. The first-order valence-electron chi connectivity index (χ1n) is 9.24. The maximum atomic E-state index is 12.7. The first-order chi connectivity index (χ1) is 11.0. The van der Waals surface area contributed by atoms with Crippen molar-refractivity contribution in [2.75, 3.05) is 6.61 Å². The van der Waals surface area contributed by atoms with Crippen molar-refractivity contribution in [3.8, 4) is 0 Å². The van der Waals surface area contributed by atoms with Crippen molar-refractivity contribution < 1.29 is 23.8 Å². The van der Waals surface area contributed by atoms with Gasteiger partial charge in [-0.2, -0.15) is 0 Å². The second-order valence-electron chi connectivity index (χ2n) is 9.66. The third-order valence-corrected chi connectivity index (χ3v) is 12.0. The summed E-state index contributed by atoms with van der Waals surface area (Å²) in [7, 11) is -1.94. The minimum Gasteiger partial charge on any atom is -0.414 e. The molecule has 1 aliphatic carbocycles. The summed E-state index contributed by atoms with van der Waals surface area (Å²) in [6.45, 7) is 11.5. The van der Waals surface area contributed by atoms with Gasteiger partial charge in [0.05, 0.1) is 12.7 Å². The fraction of sp³-hybridized carbons (Fsp3) is 0.944. The fourth-order valence-corrected chi connectivity index (χ4v) is 6.15. The lowest BCUT2D eigenvalue weighted by molar-refractivity contribution is -0.208. The number of fused-ring (bicyclic) bond motifs is 1.